The van der Waals surface area contributed by atoms with E-state index in [1.807, 2.05) is 0 Å². The molecule has 1 aliphatic heterocycles. The summed E-state index contributed by atoms with van der Waals surface area (Å²) in [5.74, 6) is -0.615. The van der Waals surface area contributed by atoms with E-state index in [0.717, 1.165) is 0 Å². The molecule has 3 N–H and O–H groups in total. The molecule has 0 spiro atoms. The van der Waals surface area contributed by atoms with Crippen molar-refractivity contribution in [2.75, 3.05) is 20.1 Å². The van der Waals surface area contributed by atoms with Crippen molar-refractivity contribution in [1.82, 2.24) is 9.80 Å². The molecule has 0 aromatic carbocycles. The maximum atomic E-state index is 12.6. The van der Waals surface area contributed by atoms with Crippen molar-refractivity contribution in [3.05, 3.63) is 0 Å². The third-order valence-corrected chi connectivity index (χ3v) is 3.73. The van der Waals surface area contributed by atoms with E-state index in [4.69, 9.17) is 10.9 Å². The fourth-order valence-electron chi connectivity index (χ4n) is 2.14. The molecule has 0 saturated carbocycles. The van der Waals surface area contributed by atoms with Crippen LogP contribution in [0.1, 0.15) is 27.7 Å². The van der Waals surface area contributed by atoms with Gasteiger partial charge in [0.15, 0.2) is 5.84 Å². The molecule has 1 aliphatic rings. The molecule has 1 rings (SSSR count). The molecular formula is C12H22N4O3. The molecule has 7 heteroatoms. The van der Waals surface area contributed by atoms with E-state index < -0.39 is 11.0 Å². The average molecular weight is 270 g/mol. The van der Waals surface area contributed by atoms with Gasteiger partial charge in [-0.05, 0) is 27.7 Å². The topological polar surface area (TPSA) is 99.2 Å². The average Bonchev–Trinajstić information content (AvgIpc) is 2.34. The van der Waals surface area contributed by atoms with Crippen molar-refractivity contribution in [2.45, 2.75) is 33.2 Å². The Hall–Kier alpha value is -1.79. The van der Waals surface area contributed by atoms with E-state index in [1.54, 1.807) is 39.6 Å². The molecule has 0 aromatic heterocycles. The Labute approximate surface area is 113 Å². The molecule has 2 amide bonds. The summed E-state index contributed by atoms with van der Waals surface area (Å²) in [4.78, 5) is 27.8. The number of amidine groups is 1. The number of hydrogen-bond acceptors (Lipinski definition) is 4. The van der Waals surface area contributed by atoms with Gasteiger partial charge in [0, 0.05) is 20.1 Å². The molecule has 0 aliphatic carbocycles. The van der Waals surface area contributed by atoms with Gasteiger partial charge in [-0.15, -0.1) is 0 Å². The SMILES string of the molecule is CN1CCN(C(=O)C(C)(C)C(N)=NO)C(C)(C)C1=O. The van der Waals surface area contributed by atoms with Crippen LogP contribution >= 0.6 is 0 Å². The summed E-state index contributed by atoms with van der Waals surface area (Å²) >= 11 is 0. The highest BCUT2D eigenvalue weighted by Crippen LogP contribution is 2.28. The summed E-state index contributed by atoms with van der Waals surface area (Å²) in [7, 11) is 1.71. The minimum Gasteiger partial charge on any atom is -0.409 e. The van der Waals surface area contributed by atoms with E-state index in [9.17, 15) is 9.59 Å². The fourth-order valence-corrected chi connectivity index (χ4v) is 2.14. The minimum absolute atomic E-state index is 0.123. The van der Waals surface area contributed by atoms with Crippen LogP contribution in [0.2, 0.25) is 0 Å². The van der Waals surface area contributed by atoms with Crippen LogP contribution in [-0.2, 0) is 9.59 Å². The van der Waals surface area contributed by atoms with Gasteiger partial charge in [0.1, 0.15) is 11.0 Å². The lowest BCUT2D eigenvalue weighted by atomic mass is 9.86. The zero-order valence-corrected chi connectivity index (χ0v) is 12.1. The Morgan fingerprint density at radius 3 is 2.42 bits per heavy atom. The van der Waals surface area contributed by atoms with Crippen molar-refractivity contribution in [3.63, 3.8) is 0 Å². The van der Waals surface area contributed by atoms with Gasteiger partial charge in [-0.2, -0.15) is 0 Å². The largest absolute Gasteiger partial charge is 0.409 e. The predicted octanol–water partition coefficient (Wildman–Crippen LogP) is -0.162. The van der Waals surface area contributed by atoms with E-state index in [1.165, 1.54) is 4.90 Å². The van der Waals surface area contributed by atoms with E-state index in [2.05, 4.69) is 5.16 Å². The van der Waals surface area contributed by atoms with Gasteiger partial charge in [-0.25, -0.2) is 0 Å². The van der Waals surface area contributed by atoms with Crippen LogP contribution in [0.5, 0.6) is 0 Å². The van der Waals surface area contributed by atoms with Gasteiger partial charge in [-0.3, -0.25) is 9.59 Å². The quantitative estimate of drug-likeness (QED) is 0.315. The van der Waals surface area contributed by atoms with Crippen LogP contribution in [0.15, 0.2) is 5.16 Å². The molecule has 0 atom stereocenters. The lowest BCUT2D eigenvalue weighted by molar-refractivity contribution is -0.160. The van der Waals surface area contributed by atoms with Crippen molar-refractivity contribution in [1.29, 1.82) is 0 Å². The monoisotopic (exact) mass is 270 g/mol. The van der Waals surface area contributed by atoms with Gasteiger partial charge >= 0.3 is 0 Å². The second-order valence-electron chi connectivity index (χ2n) is 5.85. The smallest absolute Gasteiger partial charge is 0.247 e. The van der Waals surface area contributed by atoms with Crippen molar-refractivity contribution in [2.24, 2.45) is 16.3 Å². The number of nitrogens with two attached hydrogens (primary N) is 1. The Balaban J connectivity index is 3.10. The van der Waals surface area contributed by atoms with Gasteiger partial charge in [0.05, 0.1) is 0 Å². The van der Waals surface area contributed by atoms with Crippen LogP contribution < -0.4 is 5.73 Å². The molecule has 0 radical (unpaired) electrons. The fraction of sp³-hybridized carbons (Fsp3) is 0.750. The number of nitrogens with zero attached hydrogens (tertiary/aromatic N) is 3. The van der Waals surface area contributed by atoms with Crippen molar-refractivity contribution < 1.29 is 14.8 Å². The lowest BCUT2D eigenvalue weighted by Crippen LogP contribution is -2.66. The standard InChI is InChI=1S/C12H22N4O3/c1-11(2,8(13)14-19)9(17)16-7-6-15(5)10(18)12(16,3)4/h19H,6-7H2,1-5H3,(H2,13,14). The minimum atomic E-state index is -1.15. The number of carbonyl (C=O) groups excluding carboxylic acids is 2. The summed E-state index contributed by atoms with van der Waals surface area (Å²) in [6, 6.07) is 0. The molecule has 1 saturated heterocycles. The van der Waals surface area contributed by atoms with Crippen LogP contribution in [-0.4, -0.2) is 58.3 Å². The second kappa shape index (κ2) is 4.71. The molecule has 0 unspecified atom stereocenters. The Bertz CT molecular complexity index is 429. The number of amides is 2. The zero-order chi connectivity index (χ0) is 15.0. The van der Waals surface area contributed by atoms with E-state index >= 15 is 0 Å². The summed E-state index contributed by atoms with van der Waals surface area (Å²) < 4.78 is 0. The number of hydrogen-bond donors (Lipinski definition) is 2. The van der Waals surface area contributed by atoms with E-state index in [-0.39, 0.29) is 17.6 Å². The van der Waals surface area contributed by atoms with Crippen LogP contribution in [0.25, 0.3) is 0 Å². The molecule has 0 bridgehead atoms. The first kappa shape index (κ1) is 15.3. The van der Waals surface area contributed by atoms with Crippen LogP contribution in [0.3, 0.4) is 0 Å². The Morgan fingerprint density at radius 2 is 1.95 bits per heavy atom. The zero-order valence-electron chi connectivity index (χ0n) is 12.1. The Morgan fingerprint density at radius 1 is 1.42 bits per heavy atom. The highest BCUT2D eigenvalue weighted by Gasteiger charge is 2.48. The summed E-state index contributed by atoms with van der Waals surface area (Å²) in [5.41, 5.74) is 3.48. The maximum absolute atomic E-state index is 12.6. The van der Waals surface area contributed by atoms with Crippen molar-refractivity contribution >= 4 is 17.6 Å². The molecule has 108 valence electrons. The number of piperazine rings is 1. The first-order valence-corrected chi connectivity index (χ1v) is 6.12. The third kappa shape index (κ3) is 2.36. The van der Waals surface area contributed by atoms with Crippen LogP contribution in [0.4, 0.5) is 0 Å². The molecule has 1 heterocycles. The van der Waals surface area contributed by atoms with E-state index in [0.29, 0.717) is 13.1 Å². The first-order chi connectivity index (χ1) is 8.56. The molecular weight excluding hydrogens is 248 g/mol. The highest BCUT2D eigenvalue weighted by molar-refractivity contribution is 6.07. The predicted molar refractivity (Wildman–Crippen MR) is 70.6 cm³/mol. The van der Waals surface area contributed by atoms with Crippen molar-refractivity contribution in [3.8, 4) is 0 Å². The number of rotatable bonds is 2. The molecule has 19 heavy (non-hydrogen) atoms. The van der Waals surface area contributed by atoms with Gasteiger partial charge in [0.25, 0.3) is 0 Å². The number of oxime groups is 1. The van der Waals surface area contributed by atoms with Gasteiger partial charge in [-0.1, -0.05) is 5.16 Å². The third-order valence-electron chi connectivity index (χ3n) is 3.73. The lowest BCUT2D eigenvalue weighted by Gasteiger charge is -2.47. The summed E-state index contributed by atoms with van der Waals surface area (Å²) in [6.07, 6.45) is 0. The first-order valence-electron chi connectivity index (χ1n) is 6.12. The van der Waals surface area contributed by atoms with Crippen LogP contribution in [0, 0.1) is 5.41 Å². The second-order valence-corrected chi connectivity index (χ2v) is 5.85. The highest BCUT2D eigenvalue weighted by atomic mass is 16.4. The summed E-state index contributed by atoms with van der Waals surface area (Å²) in [6.45, 7) is 7.44. The summed E-state index contributed by atoms with van der Waals surface area (Å²) in [5, 5.41) is 11.7. The normalized spacial score (nSPS) is 20.7. The molecule has 1 fully saturated rings. The van der Waals surface area contributed by atoms with Gasteiger partial charge in [0.2, 0.25) is 11.8 Å². The van der Waals surface area contributed by atoms with Gasteiger partial charge < -0.3 is 20.7 Å². The molecule has 0 aromatic rings. The number of carbonyl (C=O) groups is 2. The maximum Gasteiger partial charge on any atom is 0.247 e. The Kier molecular flexibility index (Phi) is 3.79. The number of likely N-dealkylation sites (N-methyl/N-ethyl adjacent to an activating group) is 1. The molecule has 7 nitrogen and oxygen atoms in total.